The molecular weight excluding hydrogens is 408 g/mol. The van der Waals surface area contributed by atoms with Gasteiger partial charge in [0.2, 0.25) is 21.8 Å². The second kappa shape index (κ2) is 7.87. The van der Waals surface area contributed by atoms with Crippen molar-refractivity contribution >= 4 is 27.6 Å². The quantitative estimate of drug-likeness (QED) is 0.645. The summed E-state index contributed by atoms with van der Waals surface area (Å²) in [7, 11) is -2.53. The molecule has 3 N–H and O–H groups in total. The maximum absolute atomic E-state index is 14.2. The van der Waals surface area contributed by atoms with Gasteiger partial charge in [-0.1, -0.05) is 0 Å². The lowest BCUT2D eigenvalue weighted by Crippen LogP contribution is -2.42. The number of carbonyl (C=O) groups excluding carboxylic acids is 1. The standard InChI is InChI=1S/C17H19F2N5O4S/c1-28-12-4-3-11(18)14(19)13(12)15(25)10-8-22-17(23-16(10)20)24(29(2,26)27)9-5-6-21-7-9/h3-4,8-9,21H,5-7H2,1-2H3,(H2,20,22,23). The highest BCUT2D eigenvalue weighted by molar-refractivity contribution is 7.92. The highest BCUT2D eigenvalue weighted by Gasteiger charge is 2.33. The molecule has 29 heavy (non-hydrogen) atoms. The topological polar surface area (TPSA) is 128 Å². The predicted octanol–water partition coefficient (Wildman–Crippen LogP) is 0.705. The summed E-state index contributed by atoms with van der Waals surface area (Å²) in [5, 5.41) is 3.05. The summed E-state index contributed by atoms with van der Waals surface area (Å²) in [5.74, 6) is -4.38. The van der Waals surface area contributed by atoms with E-state index in [-0.39, 0.29) is 23.1 Å². The maximum Gasteiger partial charge on any atom is 0.241 e. The average Bonchev–Trinajstić information content (AvgIpc) is 3.16. The number of nitrogens with two attached hydrogens (primary N) is 1. The van der Waals surface area contributed by atoms with E-state index in [9.17, 15) is 22.0 Å². The van der Waals surface area contributed by atoms with Crippen molar-refractivity contribution < 1.29 is 26.7 Å². The first kappa shape index (κ1) is 20.9. The van der Waals surface area contributed by atoms with Gasteiger partial charge in [-0.25, -0.2) is 26.5 Å². The molecule has 1 unspecified atom stereocenters. The molecule has 1 aliphatic heterocycles. The normalized spacial score (nSPS) is 16.6. The zero-order chi connectivity index (χ0) is 21.3. The van der Waals surface area contributed by atoms with Crippen LogP contribution in [0.25, 0.3) is 0 Å². The summed E-state index contributed by atoms with van der Waals surface area (Å²) in [5.41, 5.74) is 4.89. The Bertz CT molecular complexity index is 1060. The molecule has 12 heteroatoms. The molecule has 156 valence electrons. The van der Waals surface area contributed by atoms with Crippen LogP contribution >= 0.6 is 0 Å². The molecule has 3 rings (SSSR count). The van der Waals surface area contributed by atoms with E-state index in [0.717, 1.165) is 28.9 Å². The van der Waals surface area contributed by atoms with Crippen LogP contribution in [-0.2, 0) is 10.0 Å². The number of ether oxygens (including phenoxy) is 1. The third-order valence-electron chi connectivity index (χ3n) is 4.47. The molecule has 2 heterocycles. The number of ketones is 1. The monoisotopic (exact) mass is 427 g/mol. The van der Waals surface area contributed by atoms with Crippen molar-refractivity contribution in [3.63, 3.8) is 0 Å². The first-order valence-electron chi connectivity index (χ1n) is 8.54. The summed E-state index contributed by atoms with van der Waals surface area (Å²) in [4.78, 5) is 20.7. The molecule has 2 aromatic rings. The SMILES string of the molecule is COc1ccc(F)c(F)c1C(=O)c1cnc(N(C2CCNC2)S(C)(=O)=O)nc1N. The van der Waals surface area contributed by atoms with Gasteiger partial charge in [0.25, 0.3) is 0 Å². The molecule has 0 amide bonds. The Balaban J connectivity index is 2.04. The molecule has 1 aliphatic rings. The molecule has 9 nitrogen and oxygen atoms in total. The van der Waals surface area contributed by atoms with Crippen LogP contribution < -0.4 is 20.1 Å². The van der Waals surface area contributed by atoms with Gasteiger partial charge < -0.3 is 15.8 Å². The minimum Gasteiger partial charge on any atom is -0.496 e. The maximum atomic E-state index is 14.2. The number of sulfonamides is 1. The van der Waals surface area contributed by atoms with Gasteiger partial charge in [-0.3, -0.25) is 4.79 Å². The number of halogens is 2. The lowest BCUT2D eigenvalue weighted by atomic mass is 10.0. The number of hydrogen-bond donors (Lipinski definition) is 2. The van der Waals surface area contributed by atoms with Gasteiger partial charge in [-0.2, -0.15) is 4.98 Å². The lowest BCUT2D eigenvalue weighted by Gasteiger charge is -2.26. The van der Waals surface area contributed by atoms with Gasteiger partial charge in [-0.15, -0.1) is 0 Å². The number of carbonyl (C=O) groups is 1. The summed E-state index contributed by atoms with van der Waals surface area (Å²) in [6, 6.07) is 1.52. The number of methoxy groups -OCH3 is 1. The number of nitrogens with zero attached hydrogens (tertiary/aromatic N) is 3. The number of nitrogen functional groups attached to an aromatic ring is 1. The molecule has 0 radical (unpaired) electrons. The van der Waals surface area contributed by atoms with E-state index in [1.807, 2.05) is 0 Å². The van der Waals surface area contributed by atoms with Crippen molar-refractivity contribution in [1.29, 1.82) is 0 Å². The van der Waals surface area contributed by atoms with Crippen LogP contribution in [0.1, 0.15) is 22.3 Å². The average molecular weight is 427 g/mol. The van der Waals surface area contributed by atoms with Crippen LogP contribution in [0.4, 0.5) is 20.5 Å². The summed E-state index contributed by atoms with van der Waals surface area (Å²) >= 11 is 0. The third kappa shape index (κ3) is 3.98. The third-order valence-corrected chi connectivity index (χ3v) is 5.65. The van der Waals surface area contributed by atoms with Crippen LogP contribution in [0.5, 0.6) is 5.75 Å². The fourth-order valence-electron chi connectivity index (χ4n) is 3.14. The van der Waals surface area contributed by atoms with E-state index in [0.29, 0.717) is 19.5 Å². The zero-order valence-electron chi connectivity index (χ0n) is 15.6. The van der Waals surface area contributed by atoms with E-state index in [1.54, 1.807) is 0 Å². The second-order valence-corrected chi connectivity index (χ2v) is 8.30. The molecule has 1 fully saturated rings. The highest BCUT2D eigenvalue weighted by Crippen LogP contribution is 2.29. The Morgan fingerprint density at radius 2 is 2.10 bits per heavy atom. The summed E-state index contributed by atoms with van der Waals surface area (Å²) in [6.45, 7) is 1.03. The summed E-state index contributed by atoms with van der Waals surface area (Å²) < 4.78 is 58.3. The minimum absolute atomic E-state index is 0.188. The molecule has 0 saturated carbocycles. The van der Waals surface area contributed by atoms with E-state index >= 15 is 0 Å². The lowest BCUT2D eigenvalue weighted by molar-refractivity contribution is 0.103. The van der Waals surface area contributed by atoms with Crippen molar-refractivity contribution in [2.45, 2.75) is 12.5 Å². The van der Waals surface area contributed by atoms with Crippen molar-refractivity contribution in [2.24, 2.45) is 0 Å². The van der Waals surface area contributed by atoms with Crippen LogP contribution in [0, 0.1) is 11.6 Å². The Morgan fingerprint density at radius 1 is 1.38 bits per heavy atom. The first-order valence-corrected chi connectivity index (χ1v) is 10.4. The van der Waals surface area contributed by atoms with Crippen molar-refractivity contribution in [1.82, 2.24) is 15.3 Å². The number of hydrogen-bond acceptors (Lipinski definition) is 8. The molecule has 1 aromatic carbocycles. The van der Waals surface area contributed by atoms with Crippen molar-refractivity contribution in [3.8, 4) is 5.75 Å². The number of anilines is 2. The molecular formula is C17H19F2N5O4S. The van der Waals surface area contributed by atoms with Gasteiger partial charge in [0.05, 0.1) is 25.0 Å². The molecule has 1 saturated heterocycles. The van der Waals surface area contributed by atoms with E-state index in [1.165, 1.54) is 7.11 Å². The number of rotatable bonds is 6. The molecule has 0 spiro atoms. The van der Waals surface area contributed by atoms with Crippen LogP contribution in [0.15, 0.2) is 18.3 Å². The Hall–Kier alpha value is -2.86. The largest absolute Gasteiger partial charge is 0.496 e. The number of benzene rings is 1. The Labute approximate surface area is 165 Å². The van der Waals surface area contributed by atoms with E-state index < -0.39 is 39.0 Å². The van der Waals surface area contributed by atoms with Crippen molar-refractivity contribution in [2.75, 3.05) is 36.5 Å². The number of aromatic nitrogens is 2. The second-order valence-electron chi connectivity index (χ2n) is 6.44. The van der Waals surface area contributed by atoms with E-state index in [4.69, 9.17) is 10.5 Å². The molecule has 1 atom stereocenters. The van der Waals surface area contributed by atoms with Gasteiger partial charge >= 0.3 is 0 Å². The number of nitrogens with one attached hydrogen (secondary N) is 1. The van der Waals surface area contributed by atoms with Gasteiger partial charge in [0.15, 0.2) is 11.6 Å². The molecule has 0 bridgehead atoms. The van der Waals surface area contributed by atoms with Gasteiger partial charge in [0, 0.05) is 12.7 Å². The first-order chi connectivity index (χ1) is 13.6. The Kier molecular flexibility index (Phi) is 5.66. The fraction of sp³-hybridized carbons (Fsp3) is 0.353. The Morgan fingerprint density at radius 3 is 2.66 bits per heavy atom. The fourth-order valence-corrected chi connectivity index (χ4v) is 4.24. The van der Waals surface area contributed by atoms with E-state index in [2.05, 4.69) is 15.3 Å². The smallest absolute Gasteiger partial charge is 0.241 e. The highest BCUT2D eigenvalue weighted by atomic mass is 32.2. The van der Waals surface area contributed by atoms with Crippen LogP contribution in [-0.4, -0.2) is 56.7 Å². The van der Waals surface area contributed by atoms with Gasteiger partial charge in [0.1, 0.15) is 17.1 Å². The minimum atomic E-state index is -3.73. The van der Waals surface area contributed by atoms with Gasteiger partial charge in [-0.05, 0) is 25.1 Å². The van der Waals surface area contributed by atoms with Crippen LogP contribution in [0.3, 0.4) is 0 Å². The zero-order valence-corrected chi connectivity index (χ0v) is 16.5. The summed E-state index contributed by atoms with van der Waals surface area (Å²) in [6.07, 6.45) is 2.55. The van der Waals surface area contributed by atoms with Crippen molar-refractivity contribution in [3.05, 3.63) is 41.1 Å². The molecule has 0 aliphatic carbocycles. The predicted molar refractivity (Wildman–Crippen MR) is 101 cm³/mol. The van der Waals surface area contributed by atoms with Crippen LogP contribution in [0.2, 0.25) is 0 Å². The molecule has 1 aromatic heterocycles.